The number of halogens is 1. The molecule has 1 atom stereocenters. The Bertz CT molecular complexity index is 1010. The topological polar surface area (TPSA) is 74.9 Å². The quantitative estimate of drug-likeness (QED) is 0.273. The maximum absolute atomic E-state index is 5.62. The van der Waals surface area contributed by atoms with Crippen LogP contribution in [0.4, 0.5) is 5.69 Å². The van der Waals surface area contributed by atoms with Crippen LogP contribution in [0, 0.1) is 0 Å². The van der Waals surface area contributed by atoms with Crippen LogP contribution in [-0.2, 0) is 6.54 Å². The van der Waals surface area contributed by atoms with E-state index in [4.69, 9.17) is 9.15 Å². The molecule has 8 heteroatoms. The smallest absolute Gasteiger partial charge is 0.226 e. The maximum atomic E-state index is 5.62. The van der Waals surface area contributed by atoms with Crippen molar-refractivity contribution in [2.24, 2.45) is 4.99 Å². The number of aliphatic imine (C=N–C) groups is 1. The minimum absolute atomic E-state index is 0. The van der Waals surface area contributed by atoms with Crippen LogP contribution in [0.15, 0.2) is 70.3 Å². The number of benzene rings is 2. The first-order valence-corrected chi connectivity index (χ1v) is 10.6. The summed E-state index contributed by atoms with van der Waals surface area (Å²) in [7, 11) is 3.51. The van der Waals surface area contributed by atoms with E-state index < -0.39 is 0 Å². The number of piperidine rings is 1. The minimum atomic E-state index is 0. The number of nitrogens with zero attached hydrogens (tertiary/aromatic N) is 3. The Labute approximate surface area is 206 Å². The Morgan fingerprint density at radius 3 is 2.75 bits per heavy atom. The van der Waals surface area contributed by atoms with Crippen molar-refractivity contribution in [2.45, 2.75) is 25.4 Å². The Morgan fingerprint density at radius 2 is 1.97 bits per heavy atom. The highest BCUT2D eigenvalue weighted by molar-refractivity contribution is 14.0. The van der Waals surface area contributed by atoms with E-state index in [1.165, 1.54) is 0 Å². The fraction of sp³-hybridized carbons (Fsp3) is 0.333. The molecule has 0 spiro atoms. The van der Waals surface area contributed by atoms with Gasteiger partial charge in [0.15, 0.2) is 5.96 Å². The lowest BCUT2D eigenvalue weighted by Crippen LogP contribution is -2.51. The van der Waals surface area contributed by atoms with E-state index >= 15 is 0 Å². The first kappa shape index (κ1) is 23.9. The predicted molar refractivity (Wildman–Crippen MR) is 139 cm³/mol. The summed E-state index contributed by atoms with van der Waals surface area (Å²) < 4.78 is 11.2. The van der Waals surface area contributed by atoms with Gasteiger partial charge in [0.25, 0.3) is 0 Å². The van der Waals surface area contributed by atoms with Gasteiger partial charge in [-0.05, 0) is 37.1 Å². The van der Waals surface area contributed by atoms with Crippen LogP contribution in [0.25, 0.3) is 11.5 Å². The van der Waals surface area contributed by atoms with E-state index in [1.54, 1.807) is 20.4 Å². The number of methoxy groups -OCH3 is 1. The molecule has 1 aliphatic rings. The molecule has 170 valence electrons. The van der Waals surface area contributed by atoms with Gasteiger partial charge in [-0.2, -0.15) is 0 Å². The molecule has 7 nitrogen and oxygen atoms in total. The molecular formula is C24H30IN5O2. The van der Waals surface area contributed by atoms with Gasteiger partial charge in [0.1, 0.15) is 12.0 Å². The third-order valence-corrected chi connectivity index (χ3v) is 5.42. The lowest BCUT2D eigenvalue weighted by atomic mass is 10.0. The lowest BCUT2D eigenvalue weighted by Gasteiger charge is -2.36. The highest BCUT2D eigenvalue weighted by Gasteiger charge is 2.23. The summed E-state index contributed by atoms with van der Waals surface area (Å²) >= 11 is 0. The summed E-state index contributed by atoms with van der Waals surface area (Å²) in [4.78, 5) is 11.3. The van der Waals surface area contributed by atoms with Gasteiger partial charge < -0.3 is 24.7 Å². The first-order valence-electron chi connectivity index (χ1n) is 10.6. The number of anilines is 1. The van der Waals surface area contributed by atoms with Gasteiger partial charge in [-0.3, -0.25) is 4.99 Å². The van der Waals surface area contributed by atoms with Crippen molar-refractivity contribution in [1.82, 2.24) is 15.6 Å². The average Bonchev–Trinajstić information content (AvgIpc) is 3.31. The van der Waals surface area contributed by atoms with Crippen LogP contribution in [0.3, 0.4) is 0 Å². The highest BCUT2D eigenvalue weighted by Crippen LogP contribution is 2.29. The van der Waals surface area contributed by atoms with Gasteiger partial charge in [0, 0.05) is 31.7 Å². The van der Waals surface area contributed by atoms with Gasteiger partial charge in [-0.15, -0.1) is 24.0 Å². The van der Waals surface area contributed by atoms with Crippen molar-refractivity contribution < 1.29 is 9.15 Å². The fourth-order valence-corrected chi connectivity index (χ4v) is 3.87. The molecule has 0 aliphatic carbocycles. The number of aromatic nitrogens is 1. The molecule has 32 heavy (non-hydrogen) atoms. The zero-order valence-corrected chi connectivity index (χ0v) is 20.8. The van der Waals surface area contributed by atoms with Crippen LogP contribution in [0.1, 0.15) is 18.5 Å². The number of oxazole rings is 1. The lowest BCUT2D eigenvalue weighted by molar-refractivity contribution is 0.408. The monoisotopic (exact) mass is 547 g/mol. The summed E-state index contributed by atoms with van der Waals surface area (Å²) in [6, 6.07) is 18.4. The molecule has 0 saturated carbocycles. The summed E-state index contributed by atoms with van der Waals surface area (Å²) in [5, 5.41) is 6.90. The standard InChI is InChI=1S/C24H29N5O2.HI/c1-25-24(26-15-20-17-31-23(27-20)18-9-4-3-5-10-18)28-19-11-8-14-29(16-19)21-12-6-7-13-22(21)30-2;/h3-7,9-10,12-13,17,19H,8,11,14-16H2,1-2H3,(H2,25,26,28);1H. The van der Waals surface area contributed by atoms with E-state index in [-0.39, 0.29) is 24.0 Å². The molecule has 3 aromatic rings. The molecule has 0 radical (unpaired) electrons. The molecule has 1 aromatic heterocycles. The zero-order chi connectivity index (χ0) is 21.5. The van der Waals surface area contributed by atoms with E-state index in [9.17, 15) is 0 Å². The van der Waals surface area contributed by atoms with Crippen LogP contribution in [0.2, 0.25) is 0 Å². The van der Waals surface area contributed by atoms with Crippen molar-refractivity contribution >= 4 is 35.6 Å². The molecule has 2 aromatic carbocycles. The van der Waals surface area contributed by atoms with Crippen LogP contribution < -0.4 is 20.3 Å². The Morgan fingerprint density at radius 1 is 1.19 bits per heavy atom. The second kappa shape index (κ2) is 11.8. The zero-order valence-electron chi connectivity index (χ0n) is 18.5. The fourth-order valence-electron chi connectivity index (χ4n) is 3.87. The number of nitrogens with one attached hydrogen (secondary N) is 2. The molecule has 1 unspecified atom stereocenters. The molecule has 0 bridgehead atoms. The highest BCUT2D eigenvalue weighted by atomic mass is 127. The van der Waals surface area contributed by atoms with E-state index in [0.29, 0.717) is 18.5 Å². The minimum Gasteiger partial charge on any atom is -0.495 e. The first-order chi connectivity index (χ1) is 15.3. The van der Waals surface area contributed by atoms with Gasteiger partial charge in [-0.25, -0.2) is 4.98 Å². The molecule has 0 amide bonds. The van der Waals surface area contributed by atoms with Crippen molar-refractivity contribution in [3.63, 3.8) is 0 Å². The maximum Gasteiger partial charge on any atom is 0.226 e. The molecule has 1 saturated heterocycles. The summed E-state index contributed by atoms with van der Waals surface area (Å²) in [5.41, 5.74) is 2.94. The van der Waals surface area contributed by atoms with Crippen LogP contribution in [-0.4, -0.2) is 44.2 Å². The number of rotatable bonds is 6. The van der Waals surface area contributed by atoms with Crippen molar-refractivity contribution in [3.8, 4) is 17.2 Å². The number of ether oxygens (including phenoxy) is 1. The molecule has 1 fully saturated rings. The van der Waals surface area contributed by atoms with E-state index in [1.807, 2.05) is 42.5 Å². The van der Waals surface area contributed by atoms with Crippen molar-refractivity contribution in [2.75, 3.05) is 32.1 Å². The molecule has 4 rings (SSSR count). The van der Waals surface area contributed by atoms with Crippen molar-refractivity contribution in [3.05, 3.63) is 66.6 Å². The Hall–Kier alpha value is -2.75. The number of guanidine groups is 1. The largest absolute Gasteiger partial charge is 0.495 e. The average molecular weight is 547 g/mol. The van der Waals surface area contributed by atoms with Gasteiger partial charge in [0.05, 0.1) is 25.0 Å². The third-order valence-electron chi connectivity index (χ3n) is 5.42. The summed E-state index contributed by atoms with van der Waals surface area (Å²) in [5.74, 6) is 2.29. The molecule has 1 aliphatic heterocycles. The Balaban J connectivity index is 0.00000289. The molecule has 2 heterocycles. The number of hydrogen-bond acceptors (Lipinski definition) is 5. The van der Waals surface area contributed by atoms with Crippen molar-refractivity contribution in [1.29, 1.82) is 0 Å². The number of para-hydroxylation sites is 2. The second-order valence-electron chi connectivity index (χ2n) is 7.54. The summed E-state index contributed by atoms with van der Waals surface area (Å²) in [6.07, 6.45) is 3.89. The molecule has 2 N–H and O–H groups in total. The third kappa shape index (κ3) is 5.93. The predicted octanol–water partition coefficient (Wildman–Crippen LogP) is 4.30. The Kier molecular flexibility index (Phi) is 8.78. The van der Waals surface area contributed by atoms with Gasteiger partial charge >= 0.3 is 0 Å². The van der Waals surface area contributed by atoms with Gasteiger partial charge in [0.2, 0.25) is 5.89 Å². The second-order valence-corrected chi connectivity index (χ2v) is 7.54. The normalized spacial score (nSPS) is 16.2. The summed E-state index contributed by atoms with van der Waals surface area (Å²) in [6.45, 7) is 2.45. The van der Waals surface area contributed by atoms with Gasteiger partial charge in [-0.1, -0.05) is 30.3 Å². The number of hydrogen-bond donors (Lipinski definition) is 2. The van der Waals surface area contributed by atoms with E-state index in [2.05, 4.69) is 37.6 Å². The van der Waals surface area contributed by atoms with E-state index in [0.717, 1.165) is 54.6 Å². The SMILES string of the molecule is CN=C(NCc1coc(-c2ccccc2)n1)NC1CCCN(c2ccccc2OC)C1.I. The molecular weight excluding hydrogens is 517 g/mol. The van der Waals surface area contributed by atoms with Crippen LogP contribution in [0.5, 0.6) is 5.75 Å². The van der Waals surface area contributed by atoms with Crippen LogP contribution >= 0.6 is 24.0 Å².